The second kappa shape index (κ2) is 4.33. The number of hydrogen-bond acceptors (Lipinski definition) is 1. The normalized spacial score (nSPS) is 15.8. The first kappa shape index (κ1) is 12.4. The van der Waals surface area contributed by atoms with Gasteiger partial charge in [0.25, 0.3) is 5.91 Å². The molecule has 0 spiro atoms. The van der Waals surface area contributed by atoms with Crippen LogP contribution in [0.3, 0.4) is 0 Å². The zero-order valence-electron chi connectivity index (χ0n) is 8.64. The van der Waals surface area contributed by atoms with E-state index >= 15 is 0 Å². The monoisotopic (exact) mass is 307 g/mol. The Hall–Kier alpha value is -1.04. The summed E-state index contributed by atoms with van der Waals surface area (Å²) in [4.78, 5) is 11.7. The van der Waals surface area contributed by atoms with E-state index < -0.39 is 17.6 Å². The molecule has 0 aromatic heterocycles. The molecular formula is C11H9BrF3NO. The van der Waals surface area contributed by atoms with Gasteiger partial charge in [-0.25, -0.2) is 0 Å². The van der Waals surface area contributed by atoms with E-state index in [0.29, 0.717) is 4.47 Å². The Morgan fingerprint density at radius 3 is 2.53 bits per heavy atom. The van der Waals surface area contributed by atoms with Gasteiger partial charge < -0.3 is 5.32 Å². The lowest BCUT2D eigenvalue weighted by Gasteiger charge is -2.13. The average molecular weight is 308 g/mol. The van der Waals surface area contributed by atoms with E-state index in [4.69, 9.17) is 0 Å². The van der Waals surface area contributed by atoms with Crippen LogP contribution in [0.4, 0.5) is 13.2 Å². The number of hydrogen-bond donors (Lipinski definition) is 1. The molecule has 1 aromatic carbocycles. The van der Waals surface area contributed by atoms with Crippen molar-refractivity contribution in [1.82, 2.24) is 5.32 Å². The van der Waals surface area contributed by atoms with Gasteiger partial charge in [0.1, 0.15) is 0 Å². The van der Waals surface area contributed by atoms with E-state index in [1.807, 2.05) is 0 Å². The summed E-state index contributed by atoms with van der Waals surface area (Å²) in [5.41, 5.74) is -1.24. The molecule has 2 rings (SSSR count). The summed E-state index contributed by atoms with van der Waals surface area (Å²) in [7, 11) is 0. The number of halogens is 4. The van der Waals surface area contributed by atoms with Crippen molar-refractivity contribution in [2.24, 2.45) is 0 Å². The SMILES string of the molecule is O=C(NC1CC1)c1cc(Br)ccc1C(F)(F)F. The number of carbonyl (C=O) groups excluding carboxylic acids is 1. The van der Waals surface area contributed by atoms with Gasteiger partial charge in [0.2, 0.25) is 0 Å². The van der Waals surface area contributed by atoms with Crippen LogP contribution >= 0.6 is 15.9 Å². The highest BCUT2D eigenvalue weighted by molar-refractivity contribution is 9.10. The summed E-state index contributed by atoms with van der Waals surface area (Å²) < 4.78 is 38.5. The number of alkyl halides is 3. The fraction of sp³-hybridized carbons (Fsp3) is 0.364. The van der Waals surface area contributed by atoms with Gasteiger partial charge in [-0.15, -0.1) is 0 Å². The zero-order chi connectivity index (χ0) is 12.6. The van der Waals surface area contributed by atoms with Crippen molar-refractivity contribution in [3.63, 3.8) is 0 Å². The maximum Gasteiger partial charge on any atom is 0.417 e. The third-order valence-corrected chi connectivity index (χ3v) is 2.94. The number of benzene rings is 1. The van der Waals surface area contributed by atoms with Crippen molar-refractivity contribution in [3.05, 3.63) is 33.8 Å². The lowest BCUT2D eigenvalue weighted by molar-refractivity contribution is -0.137. The highest BCUT2D eigenvalue weighted by Gasteiger charge is 2.36. The van der Waals surface area contributed by atoms with Crippen molar-refractivity contribution >= 4 is 21.8 Å². The van der Waals surface area contributed by atoms with Crippen LogP contribution in [0.2, 0.25) is 0 Å². The summed E-state index contributed by atoms with van der Waals surface area (Å²) in [6, 6.07) is 3.41. The molecular weight excluding hydrogens is 299 g/mol. The molecule has 1 N–H and O–H groups in total. The smallest absolute Gasteiger partial charge is 0.349 e. The molecule has 6 heteroatoms. The maximum atomic E-state index is 12.7. The van der Waals surface area contributed by atoms with E-state index in [-0.39, 0.29) is 11.6 Å². The molecule has 0 bridgehead atoms. The number of rotatable bonds is 2. The topological polar surface area (TPSA) is 29.1 Å². The highest BCUT2D eigenvalue weighted by atomic mass is 79.9. The Labute approximate surface area is 104 Å². The van der Waals surface area contributed by atoms with Gasteiger partial charge in [-0.3, -0.25) is 4.79 Å². The molecule has 0 atom stereocenters. The maximum absolute atomic E-state index is 12.7. The number of amides is 1. The van der Waals surface area contributed by atoms with Gasteiger partial charge in [-0.05, 0) is 31.0 Å². The number of carbonyl (C=O) groups is 1. The van der Waals surface area contributed by atoms with E-state index in [9.17, 15) is 18.0 Å². The van der Waals surface area contributed by atoms with Crippen LogP contribution in [0, 0.1) is 0 Å². The first-order chi connectivity index (χ1) is 7.88. The van der Waals surface area contributed by atoms with Crippen LogP contribution in [0.1, 0.15) is 28.8 Å². The molecule has 0 heterocycles. The Bertz CT molecular complexity index is 455. The quantitative estimate of drug-likeness (QED) is 0.892. The number of nitrogens with one attached hydrogen (secondary N) is 1. The third-order valence-electron chi connectivity index (χ3n) is 2.44. The van der Waals surface area contributed by atoms with Crippen LogP contribution in [-0.2, 0) is 6.18 Å². The largest absolute Gasteiger partial charge is 0.417 e. The minimum Gasteiger partial charge on any atom is -0.349 e. The van der Waals surface area contributed by atoms with Gasteiger partial charge in [0, 0.05) is 10.5 Å². The summed E-state index contributed by atoms with van der Waals surface area (Å²) >= 11 is 3.07. The molecule has 0 unspecified atom stereocenters. The van der Waals surface area contributed by atoms with Crippen molar-refractivity contribution < 1.29 is 18.0 Å². The first-order valence-electron chi connectivity index (χ1n) is 5.05. The van der Waals surface area contributed by atoms with Crippen LogP contribution in [0.15, 0.2) is 22.7 Å². The Kier molecular flexibility index (Phi) is 3.16. The van der Waals surface area contributed by atoms with E-state index in [0.717, 1.165) is 18.9 Å². The van der Waals surface area contributed by atoms with Crippen LogP contribution in [0.25, 0.3) is 0 Å². The third kappa shape index (κ3) is 3.00. The minimum absolute atomic E-state index is 0.0302. The molecule has 0 radical (unpaired) electrons. The van der Waals surface area contributed by atoms with Gasteiger partial charge in [0.05, 0.1) is 11.1 Å². The molecule has 1 aromatic rings. The fourth-order valence-electron chi connectivity index (χ4n) is 1.44. The van der Waals surface area contributed by atoms with Gasteiger partial charge in [-0.1, -0.05) is 15.9 Å². The second-order valence-corrected chi connectivity index (χ2v) is 4.85. The molecule has 1 aliphatic carbocycles. The standard InChI is InChI=1S/C11H9BrF3NO/c12-6-1-4-9(11(13,14)15)8(5-6)10(17)16-7-2-3-7/h1,4-5,7H,2-3H2,(H,16,17). The summed E-state index contributed by atoms with van der Waals surface area (Å²) in [5, 5.41) is 2.55. The fourth-order valence-corrected chi connectivity index (χ4v) is 1.80. The van der Waals surface area contributed by atoms with E-state index in [2.05, 4.69) is 21.2 Å². The lowest BCUT2D eigenvalue weighted by Crippen LogP contribution is -2.28. The van der Waals surface area contributed by atoms with E-state index in [1.165, 1.54) is 12.1 Å². The van der Waals surface area contributed by atoms with Gasteiger partial charge in [-0.2, -0.15) is 13.2 Å². The molecule has 1 amide bonds. The second-order valence-electron chi connectivity index (χ2n) is 3.94. The van der Waals surface area contributed by atoms with Crippen LogP contribution < -0.4 is 5.32 Å². The minimum atomic E-state index is -4.52. The summed E-state index contributed by atoms with van der Waals surface area (Å²) in [6.07, 6.45) is -2.85. The Morgan fingerprint density at radius 1 is 1.35 bits per heavy atom. The van der Waals surface area contributed by atoms with Gasteiger partial charge >= 0.3 is 6.18 Å². The van der Waals surface area contributed by atoms with E-state index in [1.54, 1.807) is 0 Å². The predicted molar refractivity (Wildman–Crippen MR) is 59.6 cm³/mol. The molecule has 1 fully saturated rings. The molecule has 17 heavy (non-hydrogen) atoms. The molecule has 1 aliphatic rings. The molecule has 0 saturated heterocycles. The molecule has 92 valence electrons. The summed E-state index contributed by atoms with van der Waals surface area (Å²) in [5.74, 6) is -0.666. The first-order valence-corrected chi connectivity index (χ1v) is 5.85. The summed E-state index contributed by atoms with van der Waals surface area (Å²) in [6.45, 7) is 0. The van der Waals surface area contributed by atoms with Crippen LogP contribution in [-0.4, -0.2) is 11.9 Å². The lowest BCUT2D eigenvalue weighted by atomic mass is 10.1. The molecule has 1 saturated carbocycles. The van der Waals surface area contributed by atoms with Crippen molar-refractivity contribution in [2.75, 3.05) is 0 Å². The zero-order valence-corrected chi connectivity index (χ0v) is 10.2. The Balaban J connectivity index is 2.35. The molecule has 2 nitrogen and oxygen atoms in total. The van der Waals surface area contributed by atoms with Crippen molar-refractivity contribution in [2.45, 2.75) is 25.1 Å². The molecule has 0 aliphatic heterocycles. The van der Waals surface area contributed by atoms with Gasteiger partial charge in [0.15, 0.2) is 0 Å². The Morgan fingerprint density at radius 2 is 2.00 bits per heavy atom. The van der Waals surface area contributed by atoms with Crippen molar-refractivity contribution in [3.8, 4) is 0 Å². The average Bonchev–Trinajstić information content (AvgIpc) is 2.99. The highest BCUT2D eigenvalue weighted by Crippen LogP contribution is 2.33. The predicted octanol–water partition coefficient (Wildman–Crippen LogP) is 3.36. The van der Waals surface area contributed by atoms with Crippen LogP contribution in [0.5, 0.6) is 0 Å². The van der Waals surface area contributed by atoms with Crippen molar-refractivity contribution in [1.29, 1.82) is 0 Å².